The van der Waals surface area contributed by atoms with Crippen molar-refractivity contribution in [1.29, 1.82) is 0 Å². The zero-order valence-electron chi connectivity index (χ0n) is 11.4. The minimum atomic E-state index is 0.248. The molecule has 2 heterocycles. The first-order valence-electron chi connectivity index (χ1n) is 7.01. The van der Waals surface area contributed by atoms with Crippen molar-refractivity contribution in [3.63, 3.8) is 0 Å². The predicted molar refractivity (Wildman–Crippen MR) is 85.6 cm³/mol. The van der Waals surface area contributed by atoms with E-state index in [4.69, 9.17) is 28.9 Å². The van der Waals surface area contributed by atoms with Crippen LogP contribution in [0.2, 0.25) is 8.67 Å². The number of carbonyl (C=O) groups excluding carboxylic acids is 1. The van der Waals surface area contributed by atoms with Crippen LogP contribution in [-0.4, -0.2) is 30.4 Å². The van der Waals surface area contributed by atoms with Gasteiger partial charge < -0.3 is 10.6 Å². The lowest BCUT2D eigenvalue weighted by molar-refractivity contribution is -0.132. The summed E-state index contributed by atoms with van der Waals surface area (Å²) in [6.45, 7) is 2.44. The van der Waals surface area contributed by atoms with Gasteiger partial charge in [0.25, 0.3) is 0 Å². The smallest absolute Gasteiger partial charge is 0.222 e. The van der Waals surface area contributed by atoms with E-state index in [-0.39, 0.29) is 5.91 Å². The van der Waals surface area contributed by atoms with Gasteiger partial charge in [0.15, 0.2) is 0 Å². The summed E-state index contributed by atoms with van der Waals surface area (Å²) in [5.41, 5.74) is 6.71. The zero-order chi connectivity index (χ0) is 14.5. The number of piperidine rings is 1. The molecule has 1 amide bonds. The lowest BCUT2D eigenvalue weighted by atomic mass is 9.97. The number of hydrogen-bond acceptors (Lipinski definition) is 3. The third kappa shape index (κ3) is 4.35. The van der Waals surface area contributed by atoms with Gasteiger partial charge in [-0.3, -0.25) is 4.79 Å². The predicted octanol–water partition coefficient (Wildman–Crippen LogP) is 3.57. The van der Waals surface area contributed by atoms with E-state index in [0.717, 1.165) is 55.2 Å². The summed E-state index contributed by atoms with van der Waals surface area (Å²) in [5, 5.41) is 0. The highest BCUT2D eigenvalue weighted by atomic mass is 35.5. The molecule has 0 radical (unpaired) electrons. The van der Waals surface area contributed by atoms with Crippen LogP contribution in [0.3, 0.4) is 0 Å². The molecule has 2 N–H and O–H groups in total. The molecule has 20 heavy (non-hydrogen) atoms. The van der Waals surface area contributed by atoms with Gasteiger partial charge in [-0.1, -0.05) is 23.2 Å². The Hall–Kier alpha value is -0.290. The number of rotatable bonds is 5. The number of aryl methyl sites for hydroxylation is 1. The van der Waals surface area contributed by atoms with E-state index >= 15 is 0 Å². The quantitative estimate of drug-likeness (QED) is 0.894. The van der Waals surface area contributed by atoms with Crippen LogP contribution in [-0.2, 0) is 11.2 Å². The maximum atomic E-state index is 12.1. The van der Waals surface area contributed by atoms with E-state index in [1.54, 1.807) is 0 Å². The third-order valence-electron chi connectivity index (χ3n) is 3.86. The molecular weight excluding hydrogens is 315 g/mol. The number of hydrogen-bond donors (Lipinski definition) is 1. The Kier molecular flexibility index (Phi) is 6.15. The Balaban J connectivity index is 1.72. The Morgan fingerprint density at radius 2 is 2.10 bits per heavy atom. The third-order valence-corrected chi connectivity index (χ3v) is 5.43. The highest BCUT2D eigenvalue weighted by Gasteiger charge is 2.21. The summed E-state index contributed by atoms with van der Waals surface area (Å²) in [6.07, 6.45) is 4.29. The summed E-state index contributed by atoms with van der Waals surface area (Å²) in [5.74, 6) is 0.837. The molecule has 1 saturated heterocycles. The standard InChI is InChI=1S/C14H20Cl2N2OS/c15-12-8-11(14(16)20-12)2-1-3-13(19)18-6-4-10(9-17)5-7-18/h8,10H,1-7,9,17H2. The summed E-state index contributed by atoms with van der Waals surface area (Å²) >= 11 is 13.4. The van der Waals surface area contributed by atoms with Crippen molar-refractivity contribution < 1.29 is 4.79 Å². The van der Waals surface area contributed by atoms with Crippen molar-refractivity contribution in [1.82, 2.24) is 4.90 Å². The monoisotopic (exact) mass is 334 g/mol. The van der Waals surface area contributed by atoms with Crippen LogP contribution in [0.15, 0.2) is 6.07 Å². The zero-order valence-corrected chi connectivity index (χ0v) is 13.7. The lowest BCUT2D eigenvalue weighted by Crippen LogP contribution is -2.39. The van der Waals surface area contributed by atoms with Crippen molar-refractivity contribution in [2.75, 3.05) is 19.6 Å². The second-order valence-electron chi connectivity index (χ2n) is 5.26. The molecule has 0 unspecified atom stereocenters. The molecule has 112 valence electrons. The first kappa shape index (κ1) is 16.1. The van der Waals surface area contributed by atoms with E-state index in [1.165, 1.54) is 11.3 Å². The normalized spacial score (nSPS) is 16.6. The Bertz CT molecular complexity index is 456. The van der Waals surface area contributed by atoms with Gasteiger partial charge in [-0.05, 0) is 49.8 Å². The highest BCUT2D eigenvalue weighted by molar-refractivity contribution is 7.20. The van der Waals surface area contributed by atoms with Crippen LogP contribution in [0.1, 0.15) is 31.2 Å². The Morgan fingerprint density at radius 3 is 2.65 bits per heavy atom. The number of nitrogens with zero attached hydrogens (tertiary/aromatic N) is 1. The van der Waals surface area contributed by atoms with Crippen molar-refractivity contribution in [3.8, 4) is 0 Å². The van der Waals surface area contributed by atoms with Crippen molar-refractivity contribution in [2.45, 2.75) is 32.1 Å². The number of thiophene rings is 1. The molecule has 6 heteroatoms. The molecule has 0 bridgehead atoms. The number of amides is 1. The van der Waals surface area contributed by atoms with Crippen molar-refractivity contribution in [3.05, 3.63) is 20.3 Å². The molecule has 0 spiro atoms. The van der Waals surface area contributed by atoms with Gasteiger partial charge in [0.2, 0.25) is 5.91 Å². The maximum absolute atomic E-state index is 12.1. The first-order chi connectivity index (χ1) is 9.60. The largest absolute Gasteiger partial charge is 0.343 e. The molecule has 1 aliphatic heterocycles. The van der Waals surface area contributed by atoms with Crippen LogP contribution in [0.4, 0.5) is 0 Å². The van der Waals surface area contributed by atoms with Gasteiger partial charge in [-0.25, -0.2) is 0 Å². The Morgan fingerprint density at radius 1 is 1.40 bits per heavy atom. The topological polar surface area (TPSA) is 46.3 Å². The van der Waals surface area contributed by atoms with Crippen molar-refractivity contribution >= 4 is 40.4 Å². The Labute approximate surface area is 134 Å². The highest BCUT2D eigenvalue weighted by Crippen LogP contribution is 2.32. The van der Waals surface area contributed by atoms with E-state index in [9.17, 15) is 4.79 Å². The van der Waals surface area contributed by atoms with Crippen LogP contribution < -0.4 is 5.73 Å². The van der Waals surface area contributed by atoms with Crippen LogP contribution in [0, 0.1) is 5.92 Å². The molecule has 1 aliphatic rings. The molecule has 3 nitrogen and oxygen atoms in total. The summed E-state index contributed by atoms with van der Waals surface area (Å²) in [4.78, 5) is 14.1. The van der Waals surface area contributed by atoms with Crippen LogP contribution in [0.5, 0.6) is 0 Å². The van der Waals surface area contributed by atoms with Gasteiger partial charge in [0.05, 0.1) is 8.67 Å². The molecular formula is C14H20Cl2N2OS. The van der Waals surface area contributed by atoms with E-state index < -0.39 is 0 Å². The number of likely N-dealkylation sites (tertiary alicyclic amines) is 1. The molecule has 1 aromatic rings. The molecule has 1 fully saturated rings. The molecule has 0 aliphatic carbocycles. The van der Waals surface area contributed by atoms with Gasteiger partial charge in [-0.15, -0.1) is 11.3 Å². The summed E-state index contributed by atoms with van der Waals surface area (Å²) in [6, 6.07) is 1.89. The molecule has 0 aromatic carbocycles. The molecule has 0 atom stereocenters. The number of nitrogens with two attached hydrogens (primary N) is 1. The average molecular weight is 335 g/mol. The van der Waals surface area contributed by atoms with E-state index in [1.807, 2.05) is 11.0 Å². The van der Waals surface area contributed by atoms with Gasteiger partial charge in [0, 0.05) is 19.5 Å². The fourth-order valence-electron chi connectivity index (χ4n) is 2.55. The van der Waals surface area contributed by atoms with E-state index in [2.05, 4.69) is 0 Å². The van der Waals surface area contributed by atoms with Gasteiger partial charge >= 0.3 is 0 Å². The minimum absolute atomic E-state index is 0.248. The number of carbonyl (C=O) groups is 1. The van der Waals surface area contributed by atoms with Crippen molar-refractivity contribution in [2.24, 2.45) is 11.7 Å². The van der Waals surface area contributed by atoms with Gasteiger partial charge in [0.1, 0.15) is 0 Å². The second kappa shape index (κ2) is 7.64. The lowest BCUT2D eigenvalue weighted by Gasteiger charge is -2.31. The second-order valence-corrected chi connectivity index (χ2v) is 7.55. The summed E-state index contributed by atoms with van der Waals surface area (Å²) < 4.78 is 1.45. The van der Waals surface area contributed by atoms with E-state index in [0.29, 0.717) is 16.7 Å². The molecule has 0 saturated carbocycles. The molecule has 2 rings (SSSR count). The van der Waals surface area contributed by atoms with Crippen LogP contribution >= 0.6 is 34.5 Å². The van der Waals surface area contributed by atoms with Gasteiger partial charge in [-0.2, -0.15) is 0 Å². The SMILES string of the molecule is NCC1CCN(C(=O)CCCc2cc(Cl)sc2Cl)CC1. The fourth-order valence-corrected chi connectivity index (χ4v) is 4.10. The fraction of sp³-hybridized carbons (Fsp3) is 0.643. The number of halogens is 2. The minimum Gasteiger partial charge on any atom is -0.343 e. The first-order valence-corrected chi connectivity index (χ1v) is 8.59. The van der Waals surface area contributed by atoms with Crippen LogP contribution in [0.25, 0.3) is 0 Å². The summed E-state index contributed by atoms with van der Waals surface area (Å²) in [7, 11) is 0. The molecule has 1 aromatic heterocycles. The average Bonchev–Trinajstić information content (AvgIpc) is 2.77. The maximum Gasteiger partial charge on any atom is 0.222 e.